The predicted molar refractivity (Wildman–Crippen MR) is 68.5 cm³/mol. The van der Waals surface area contributed by atoms with Gasteiger partial charge in [-0.3, -0.25) is 0 Å². The van der Waals surface area contributed by atoms with Gasteiger partial charge in [0.2, 0.25) is 0 Å². The summed E-state index contributed by atoms with van der Waals surface area (Å²) in [5.74, 6) is -1.88. The van der Waals surface area contributed by atoms with Gasteiger partial charge in [0.15, 0.2) is 11.5 Å². The normalized spacial score (nSPS) is 13.2. The summed E-state index contributed by atoms with van der Waals surface area (Å²) < 4.78 is 22.8. The maximum atomic E-state index is 9.52. The average Bonchev–Trinajstić information content (AvgIpc) is 2.42. The molecule has 0 radical (unpaired) electrons. The van der Waals surface area contributed by atoms with Crippen molar-refractivity contribution in [2.24, 2.45) is 0 Å². The minimum atomic E-state index is -0.808. The molecule has 0 saturated heterocycles. The van der Waals surface area contributed by atoms with Crippen molar-refractivity contribution in [3.63, 3.8) is 0 Å². The first-order valence-corrected chi connectivity index (χ1v) is 5.04. The number of phenols is 4. The summed E-state index contributed by atoms with van der Waals surface area (Å²) in [4.78, 5) is 0. The smallest absolute Gasteiger partial charge is 0.157 e. The number of benzene rings is 2. The molecule has 0 fully saturated rings. The quantitative estimate of drug-likeness (QED) is 0.486. The first kappa shape index (κ1) is 8.47. The Morgan fingerprint density at radius 2 is 1.39 bits per heavy atom. The van der Waals surface area contributed by atoms with Crippen molar-refractivity contribution in [1.29, 1.82) is 0 Å². The Morgan fingerprint density at radius 3 is 2.06 bits per heavy atom. The summed E-state index contributed by atoms with van der Waals surface area (Å²) in [5.41, 5.74) is 0.350. The molecule has 0 bridgehead atoms. The number of hydrogen-bond acceptors (Lipinski definition) is 4. The van der Waals surface area contributed by atoms with Gasteiger partial charge in [-0.1, -0.05) is 18.2 Å². The fraction of sp³-hybridized carbons (Fsp3) is 0. The molecule has 2 aromatic carbocycles. The molecule has 0 atom stereocenters. The van der Waals surface area contributed by atoms with Crippen LogP contribution in [0.25, 0.3) is 12.2 Å². The van der Waals surface area contributed by atoms with Crippen LogP contribution in [-0.4, -0.2) is 20.4 Å². The van der Waals surface area contributed by atoms with Gasteiger partial charge in [0.1, 0.15) is 11.5 Å². The average molecular weight is 247 g/mol. The van der Waals surface area contributed by atoms with Crippen molar-refractivity contribution in [3.8, 4) is 23.0 Å². The van der Waals surface area contributed by atoms with Gasteiger partial charge in [-0.25, -0.2) is 0 Å². The maximum absolute atomic E-state index is 9.52. The van der Waals surface area contributed by atoms with Crippen LogP contribution >= 0.6 is 0 Å². The monoisotopic (exact) mass is 247 g/mol. The van der Waals surface area contributed by atoms with E-state index in [1.165, 1.54) is 24.3 Å². The molecular formula is C14H12O4. The zero-order valence-corrected chi connectivity index (χ0v) is 9.18. The van der Waals surface area contributed by atoms with Crippen molar-refractivity contribution in [2.75, 3.05) is 0 Å². The van der Waals surface area contributed by atoms with Gasteiger partial charge in [0, 0.05) is 6.07 Å². The van der Waals surface area contributed by atoms with E-state index in [0.717, 1.165) is 6.07 Å². The first-order valence-electron chi connectivity index (χ1n) is 6.54. The second-order valence-electron chi connectivity index (χ2n) is 3.60. The molecule has 4 heteroatoms. The van der Waals surface area contributed by atoms with Crippen molar-refractivity contribution in [1.82, 2.24) is 0 Å². The Labute approximate surface area is 108 Å². The van der Waals surface area contributed by atoms with E-state index in [4.69, 9.17) is 4.11 Å². The van der Waals surface area contributed by atoms with E-state index in [0.29, 0.717) is 5.56 Å². The SMILES string of the molecule is [2H]c1c([2H])c(/C=C/c2cc(O)cc(O)c2)c([2H])c(O)c1O. The maximum Gasteiger partial charge on any atom is 0.157 e. The Kier molecular flexibility index (Phi) is 2.22. The second kappa shape index (κ2) is 4.71. The highest BCUT2D eigenvalue weighted by atomic mass is 16.3. The van der Waals surface area contributed by atoms with Crippen LogP contribution in [0.4, 0.5) is 0 Å². The molecule has 2 rings (SSSR count). The number of aromatic hydroxyl groups is 4. The van der Waals surface area contributed by atoms with Crippen molar-refractivity contribution < 1.29 is 24.5 Å². The summed E-state index contributed by atoms with van der Waals surface area (Å²) in [6, 6.07) is 2.39. The molecule has 18 heavy (non-hydrogen) atoms. The van der Waals surface area contributed by atoms with Crippen LogP contribution in [0.15, 0.2) is 36.3 Å². The molecule has 4 N–H and O–H groups in total. The van der Waals surface area contributed by atoms with Crippen molar-refractivity contribution >= 4 is 12.2 Å². The van der Waals surface area contributed by atoms with E-state index in [1.54, 1.807) is 0 Å². The van der Waals surface area contributed by atoms with E-state index in [2.05, 4.69) is 0 Å². The van der Waals surface area contributed by atoms with Crippen LogP contribution in [-0.2, 0) is 0 Å². The summed E-state index contributed by atoms with van der Waals surface area (Å²) in [5, 5.41) is 37.6. The lowest BCUT2D eigenvalue weighted by atomic mass is 10.1. The molecular weight excluding hydrogens is 232 g/mol. The Bertz CT molecular complexity index is 692. The first-order chi connectivity index (χ1) is 9.81. The molecule has 0 aromatic heterocycles. The van der Waals surface area contributed by atoms with E-state index < -0.39 is 29.6 Å². The summed E-state index contributed by atoms with van der Waals surface area (Å²) in [7, 11) is 0. The molecule has 0 unspecified atom stereocenters. The summed E-state index contributed by atoms with van der Waals surface area (Å²) >= 11 is 0. The molecule has 4 nitrogen and oxygen atoms in total. The molecule has 92 valence electrons. The van der Waals surface area contributed by atoms with Crippen LogP contribution in [0.2, 0.25) is 0 Å². The largest absolute Gasteiger partial charge is 0.508 e. The molecule has 0 spiro atoms. The Hall–Kier alpha value is -2.62. The fourth-order valence-electron chi connectivity index (χ4n) is 1.38. The lowest BCUT2D eigenvalue weighted by molar-refractivity contribution is 0.403. The van der Waals surface area contributed by atoms with E-state index >= 15 is 0 Å². The van der Waals surface area contributed by atoms with Crippen LogP contribution in [0.1, 0.15) is 15.2 Å². The van der Waals surface area contributed by atoms with Gasteiger partial charge in [-0.15, -0.1) is 0 Å². The molecule has 0 aliphatic heterocycles. The van der Waals surface area contributed by atoms with E-state index in [1.807, 2.05) is 0 Å². The minimum Gasteiger partial charge on any atom is -0.508 e. The highest BCUT2D eigenvalue weighted by Crippen LogP contribution is 2.26. The second-order valence-corrected chi connectivity index (χ2v) is 3.60. The zero-order valence-electron chi connectivity index (χ0n) is 12.2. The molecule has 0 aliphatic rings. The predicted octanol–water partition coefficient (Wildman–Crippen LogP) is 2.68. The lowest BCUT2D eigenvalue weighted by Gasteiger charge is -2.00. The van der Waals surface area contributed by atoms with E-state index in [9.17, 15) is 20.4 Å². The van der Waals surface area contributed by atoms with Crippen LogP contribution < -0.4 is 0 Å². The standard InChI is InChI=1S/C14H12O4/c15-11-5-10(6-12(16)8-11)2-1-9-3-4-13(17)14(18)7-9/h1-8,15-18H/b2-1+/i3D,4D,7D. The van der Waals surface area contributed by atoms with Gasteiger partial charge < -0.3 is 20.4 Å². The van der Waals surface area contributed by atoms with Crippen LogP contribution in [0.3, 0.4) is 0 Å². The van der Waals surface area contributed by atoms with E-state index in [-0.39, 0.29) is 17.1 Å². The highest BCUT2D eigenvalue weighted by Gasteiger charge is 1.99. The van der Waals surface area contributed by atoms with Gasteiger partial charge >= 0.3 is 0 Å². The molecule has 2 aromatic rings. The van der Waals surface area contributed by atoms with Gasteiger partial charge in [0.25, 0.3) is 0 Å². The van der Waals surface area contributed by atoms with Crippen molar-refractivity contribution in [2.45, 2.75) is 0 Å². The van der Waals surface area contributed by atoms with Gasteiger partial charge in [-0.05, 0) is 35.3 Å². The molecule has 0 heterocycles. The fourth-order valence-corrected chi connectivity index (χ4v) is 1.38. The topological polar surface area (TPSA) is 80.9 Å². The van der Waals surface area contributed by atoms with Crippen molar-refractivity contribution in [3.05, 3.63) is 47.5 Å². The number of hydrogen-bond donors (Lipinski definition) is 4. The number of rotatable bonds is 2. The number of phenolic OH excluding ortho intramolecular Hbond substituents is 4. The molecule has 0 amide bonds. The van der Waals surface area contributed by atoms with Crippen LogP contribution in [0, 0.1) is 0 Å². The Morgan fingerprint density at radius 1 is 0.778 bits per heavy atom. The summed E-state index contributed by atoms with van der Waals surface area (Å²) in [6.07, 6.45) is 2.69. The minimum absolute atomic E-state index is 0.0573. The lowest BCUT2D eigenvalue weighted by Crippen LogP contribution is -1.75. The highest BCUT2D eigenvalue weighted by molar-refractivity contribution is 5.72. The van der Waals surface area contributed by atoms with Gasteiger partial charge in [0.05, 0.1) is 4.11 Å². The van der Waals surface area contributed by atoms with Gasteiger partial charge in [-0.2, -0.15) is 0 Å². The summed E-state index contributed by atoms with van der Waals surface area (Å²) in [6.45, 7) is 0. The third-order valence-corrected chi connectivity index (χ3v) is 2.16. The molecule has 0 saturated carbocycles. The third kappa shape index (κ3) is 2.74. The third-order valence-electron chi connectivity index (χ3n) is 2.16. The molecule has 0 aliphatic carbocycles. The van der Waals surface area contributed by atoms with Crippen LogP contribution in [0.5, 0.6) is 23.0 Å². The zero-order chi connectivity index (χ0) is 15.7. The Balaban J connectivity index is 2.51.